The molecule has 7 heteroatoms. The topological polar surface area (TPSA) is 73.0 Å². The highest BCUT2D eigenvalue weighted by Gasteiger charge is 2.45. The molecule has 2 saturated heterocycles. The van der Waals surface area contributed by atoms with Crippen molar-refractivity contribution in [2.24, 2.45) is 11.8 Å². The molecule has 1 aromatic carbocycles. The van der Waals surface area contributed by atoms with Crippen LogP contribution in [0.5, 0.6) is 0 Å². The third-order valence-corrected chi connectivity index (χ3v) is 7.83. The van der Waals surface area contributed by atoms with Gasteiger partial charge < -0.3 is 15.1 Å². The van der Waals surface area contributed by atoms with Gasteiger partial charge >= 0.3 is 6.03 Å². The molecule has 4 amide bonds. The minimum absolute atomic E-state index is 0.0482. The van der Waals surface area contributed by atoms with E-state index in [1.165, 1.54) is 21.7 Å². The summed E-state index contributed by atoms with van der Waals surface area (Å²) in [5, 5.41) is 3.04. The van der Waals surface area contributed by atoms with E-state index in [-0.39, 0.29) is 35.7 Å². The molecule has 1 aliphatic carbocycles. The van der Waals surface area contributed by atoms with Crippen molar-refractivity contribution in [2.45, 2.75) is 65.3 Å². The molecule has 3 atom stereocenters. The SMILES string of the molecule is CCCCCN1C(=O)NC2CC(C(=O)N3CCN(c4cccc(C)c4C)CC3)CCC2C1=O. The van der Waals surface area contributed by atoms with Gasteiger partial charge in [0.05, 0.1) is 5.92 Å². The first-order valence-corrected chi connectivity index (χ1v) is 12.6. The average molecular weight is 455 g/mol. The van der Waals surface area contributed by atoms with Crippen molar-refractivity contribution in [3.8, 4) is 0 Å². The summed E-state index contributed by atoms with van der Waals surface area (Å²) in [5.74, 6) is -0.165. The summed E-state index contributed by atoms with van der Waals surface area (Å²) in [5.41, 5.74) is 3.85. The van der Waals surface area contributed by atoms with E-state index in [4.69, 9.17) is 0 Å². The lowest BCUT2D eigenvalue weighted by Gasteiger charge is -2.44. The number of anilines is 1. The first kappa shape index (κ1) is 23.6. The Morgan fingerprint density at radius 2 is 1.82 bits per heavy atom. The van der Waals surface area contributed by atoms with Crippen molar-refractivity contribution < 1.29 is 14.4 Å². The number of piperazine rings is 1. The number of imide groups is 1. The number of urea groups is 1. The molecule has 1 aromatic rings. The predicted octanol–water partition coefficient (Wildman–Crippen LogP) is 3.48. The zero-order valence-electron chi connectivity index (χ0n) is 20.3. The van der Waals surface area contributed by atoms with Gasteiger partial charge in [0.15, 0.2) is 0 Å². The summed E-state index contributed by atoms with van der Waals surface area (Å²) in [4.78, 5) is 44.5. The lowest BCUT2D eigenvalue weighted by molar-refractivity contribution is -0.142. The third-order valence-electron chi connectivity index (χ3n) is 7.83. The summed E-state index contributed by atoms with van der Waals surface area (Å²) < 4.78 is 0. The molecule has 3 fully saturated rings. The van der Waals surface area contributed by atoms with Crippen molar-refractivity contribution in [3.63, 3.8) is 0 Å². The Balaban J connectivity index is 1.32. The second-order valence-corrected chi connectivity index (χ2v) is 9.90. The monoisotopic (exact) mass is 454 g/mol. The van der Waals surface area contributed by atoms with Crippen LogP contribution in [-0.2, 0) is 9.59 Å². The van der Waals surface area contributed by atoms with E-state index in [1.807, 2.05) is 4.90 Å². The largest absolute Gasteiger partial charge is 0.368 e. The van der Waals surface area contributed by atoms with Gasteiger partial charge in [-0.1, -0.05) is 31.9 Å². The number of hydrogen-bond acceptors (Lipinski definition) is 4. The van der Waals surface area contributed by atoms with Gasteiger partial charge in [-0.3, -0.25) is 14.5 Å². The number of rotatable bonds is 6. The molecule has 7 nitrogen and oxygen atoms in total. The van der Waals surface area contributed by atoms with Gasteiger partial charge in [-0.2, -0.15) is 0 Å². The fraction of sp³-hybridized carbons (Fsp3) is 0.654. The number of hydrogen-bond donors (Lipinski definition) is 1. The number of aryl methyl sites for hydroxylation is 1. The number of fused-ring (bicyclic) bond motifs is 1. The van der Waals surface area contributed by atoms with Crippen LogP contribution in [0.1, 0.15) is 56.6 Å². The number of amides is 4. The lowest BCUT2D eigenvalue weighted by Crippen LogP contribution is -2.62. The highest BCUT2D eigenvalue weighted by atomic mass is 16.2. The van der Waals surface area contributed by atoms with Crippen LogP contribution >= 0.6 is 0 Å². The van der Waals surface area contributed by atoms with Gasteiger partial charge in [0.2, 0.25) is 11.8 Å². The normalized spacial score (nSPS) is 25.7. The van der Waals surface area contributed by atoms with Crippen LogP contribution < -0.4 is 10.2 Å². The Labute approximate surface area is 197 Å². The van der Waals surface area contributed by atoms with E-state index in [1.54, 1.807) is 0 Å². The number of unbranched alkanes of at least 4 members (excludes halogenated alkanes) is 2. The van der Waals surface area contributed by atoms with Crippen LogP contribution in [-0.4, -0.2) is 66.4 Å². The van der Waals surface area contributed by atoms with Crippen LogP contribution in [0.15, 0.2) is 18.2 Å². The Morgan fingerprint density at radius 1 is 1.06 bits per heavy atom. The Hall–Kier alpha value is -2.57. The quantitative estimate of drug-likeness (QED) is 0.668. The van der Waals surface area contributed by atoms with Crippen LogP contribution in [0.3, 0.4) is 0 Å². The van der Waals surface area contributed by atoms with Crippen molar-refractivity contribution >= 4 is 23.5 Å². The predicted molar refractivity (Wildman–Crippen MR) is 129 cm³/mol. The maximum Gasteiger partial charge on any atom is 0.324 e. The standard InChI is InChI=1S/C26H38N4O3/c1-4-5-6-12-30-25(32)21-11-10-20(17-22(21)27-26(30)33)24(31)29-15-13-28(14-16-29)23-9-7-8-18(2)19(23)3/h7-9,20-22H,4-6,10-17H2,1-3H3,(H,27,33). The average Bonchev–Trinajstić information content (AvgIpc) is 2.82. The van der Waals surface area contributed by atoms with E-state index in [9.17, 15) is 14.4 Å². The molecule has 2 heterocycles. The molecule has 0 bridgehead atoms. The summed E-state index contributed by atoms with van der Waals surface area (Å²) >= 11 is 0. The number of carbonyl (C=O) groups is 3. The lowest BCUT2D eigenvalue weighted by atomic mass is 9.76. The van der Waals surface area contributed by atoms with Gasteiger partial charge in [0.25, 0.3) is 0 Å². The van der Waals surface area contributed by atoms with Gasteiger partial charge in [-0.05, 0) is 56.7 Å². The molecular weight excluding hydrogens is 416 g/mol. The van der Waals surface area contributed by atoms with Crippen LogP contribution in [0, 0.1) is 25.7 Å². The van der Waals surface area contributed by atoms with E-state index in [2.05, 4.69) is 49.2 Å². The van der Waals surface area contributed by atoms with Crippen molar-refractivity contribution in [2.75, 3.05) is 37.6 Å². The minimum atomic E-state index is -0.285. The van der Waals surface area contributed by atoms with Crippen LogP contribution in [0.2, 0.25) is 0 Å². The first-order valence-electron chi connectivity index (χ1n) is 12.6. The summed E-state index contributed by atoms with van der Waals surface area (Å²) in [6.07, 6.45) is 4.88. The zero-order valence-corrected chi connectivity index (χ0v) is 20.3. The minimum Gasteiger partial charge on any atom is -0.368 e. The summed E-state index contributed by atoms with van der Waals surface area (Å²) in [6, 6.07) is 5.89. The molecule has 3 unspecified atom stereocenters. The molecule has 0 radical (unpaired) electrons. The Bertz CT molecular complexity index is 894. The number of benzene rings is 1. The molecule has 33 heavy (non-hydrogen) atoms. The van der Waals surface area contributed by atoms with Crippen molar-refractivity contribution in [1.29, 1.82) is 0 Å². The molecule has 1 N–H and O–H groups in total. The summed E-state index contributed by atoms with van der Waals surface area (Å²) in [6.45, 7) is 9.98. The fourth-order valence-electron chi connectivity index (χ4n) is 5.62. The smallest absolute Gasteiger partial charge is 0.324 e. The fourth-order valence-corrected chi connectivity index (χ4v) is 5.62. The Morgan fingerprint density at radius 3 is 2.55 bits per heavy atom. The third kappa shape index (κ3) is 4.87. The highest BCUT2D eigenvalue weighted by molar-refractivity contribution is 5.99. The van der Waals surface area contributed by atoms with E-state index < -0.39 is 0 Å². The van der Waals surface area contributed by atoms with Gasteiger partial charge in [0, 0.05) is 50.4 Å². The molecule has 1 saturated carbocycles. The molecule has 4 rings (SSSR count). The molecule has 180 valence electrons. The van der Waals surface area contributed by atoms with Gasteiger partial charge in [0.1, 0.15) is 0 Å². The first-order chi connectivity index (χ1) is 15.9. The van der Waals surface area contributed by atoms with Gasteiger partial charge in [-0.25, -0.2) is 4.79 Å². The highest BCUT2D eigenvalue weighted by Crippen LogP contribution is 2.34. The second-order valence-electron chi connectivity index (χ2n) is 9.90. The summed E-state index contributed by atoms with van der Waals surface area (Å²) in [7, 11) is 0. The van der Waals surface area contributed by atoms with E-state index in [0.717, 1.165) is 38.8 Å². The Kier molecular flexibility index (Phi) is 7.25. The molecule has 2 aliphatic heterocycles. The van der Waals surface area contributed by atoms with Gasteiger partial charge in [-0.15, -0.1) is 0 Å². The molecule has 3 aliphatic rings. The van der Waals surface area contributed by atoms with E-state index >= 15 is 0 Å². The molecule has 0 spiro atoms. The van der Waals surface area contributed by atoms with Crippen molar-refractivity contribution in [1.82, 2.24) is 15.1 Å². The number of carbonyl (C=O) groups excluding carboxylic acids is 3. The number of nitrogens with one attached hydrogen (secondary N) is 1. The van der Waals surface area contributed by atoms with E-state index in [0.29, 0.717) is 32.5 Å². The maximum atomic E-state index is 13.3. The molecular formula is C26H38N4O3. The van der Waals surface area contributed by atoms with Crippen LogP contribution in [0.4, 0.5) is 10.5 Å². The van der Waals surface area contributed by atoms with Crippen LogP contribution in [0.25, 0.3) is 0 Å². The zero-order chi connectivity index (χ0) is 23.5. The van der Waals surface area contributed by atoms with Crippen molar-refractivity contribution in [3.05, 3.63) is 29.3 Å². The molecule has 0 aromatic heterocycles. The number of nitrogens with zero attached hydrogens (tertiary/aromatic N) is 3. The maximum absolute atomic E-state index is 13.3. The second kappa shape index (κ2) is 10.1.